The van der Waals surface area contributed by atoms with Crippen LogP contribution in [0, 0.1) is 22.7 Å². The summed E-state index contributed by atoms with van der Waals surface area (Å²) in [6.07, 6.45) is 0. The number of halogens is 1. The average Bonchev–Trinajstić information content (AvgIpc) is 2.49. The highest BCUT2D eigenvalue weighted by atomic mass is 35.5. The molecule has 0 unspecified atom stereocenters. The lowest BCUT2D eigenvalue weighted by Gasteiger charge is -2.09. The summed E-state index contributed by atoms with van der Waals surface area (Å²) in [5, 5.41) is 18.2. The van der Waals surface area contributed by atoms with Gasteiger partial charge in [-0.05, 0) is 18.2 Å². The monoisotopic (exact) mass is 284 g/mol. The van der Waals surface area contributed by atoms with Crippen LogP contribution in [0.25, 0.3) is 0 Å². The van der Waals surface area contributed by atoms with Crippen molar-refractivity contribution in [2.45, 2.75) is 0 Å². The van der Waals surface area contributed by atoms with Crippen molar-refractivity contribution in [2.24, 2.45) is 0 Å². The molecule has 0 saturated carbocycles. The molecule has 0 saturated heterocycles. The smallest absolute Gasteiger partial charge is 0.147 e. The standard InChI is InChI=1S/C15H9ClN2O2/c1-19-12-3-2-4-13(7-12)20-15-6-11(9-18)10(8-17)5-14(15)16/h2-7H,1H3. The fraction of sp³-hybridized carbons (Fsp3) is 0.0667. The third-order valence-electron chi connectivity index (χ3n) is 2.58. The molecule has 0 fully saturated rings. The fourth-order valence-electron chi connectivity index (χ4n) is 1.61. The normalized spacial score (nSPS) is 9.40. The zero-order valence-corrected chi connectivity index (χ0v) is 11.3. The van der Waals surface area contributed by atoms with Crippen molar-refractivity contribution in [1.29, 1.82) is 10.5 Å². The Balaban J connectivity index is 2.39. The van der Waals surface area contributed by atoms with Crippen LogP contribution in [0.4, 0.5) is 0 Å². The molecule has 0 aliphatic rings. The van der Waals surface area contributed by atoms with Crippen molar-refractivity contribution in [3.05, 3.63) is 52.5 Å². The maximum absolute atomic E-state index is 8.99. The fourth-order valence-corrected chi connectivity index (χ4v) is 1.81. The minimum Gasteiger partial charge on any atom is -0.497 e. The molecule has 2 aromatic carbocycles. The van der Waals surface area contributed by atoms with Crippen LogP contribution in [0.1, 0.15) is 11.1 Å². The summed E-state index contributed by atoms with van der Waals surface area (Å²) in [5.74, 6) is 1.49. The van der Waals surface area contributed by atoms with Gasteiger partial charge < -0.3 is 9.47 Å². The molecule has 2 aromatic rings. The number of hydrogen-bond donors (Lipinski definition) is 0. The summed E-state index contributed by atoms with van der Waals surface area (Å²) < 4.78 is 10.7. The zero-order valence-electron chi connectivity index (χ0n) is 10.6. The van der Waals surface area contributed by atoms with Gasteiger partial charge in [-0.2, -0.15) is 10.5 Å². The van der Waals surface area contributed by atoms with E-state index in [1.54, 1.807) is 31.4 Å². The number of benzene rings is 2. The number of rotatable bonds is 3. The molecule has 0 aliphatic carbocycles. The first kappa shape index (κ1) is 13.7. The molecule has 2 rings (SSSR count). The second-order valence-electron chi connectivity index (χ2n) is 3.83. The van der Waals surface area contributed by atoms with Crippen LogP contribution in [-0.2, 0) is 0 Å². The number of ether oxygens (including phenoxy) is 2. The molecule has 0 aromatic heterocycles. The van der Waals surface area contributed by atoms with Gasteiger partial charge in [-0.3, -0.25) is 0 Å². The Labute approximate surface area is 121 Å². The van der Waals surface area contributed by atoms with E-state index >= 15 is 0 Å². The van der Waals surface area contributed by atoms with Gasteiger partial charge in [0.25, 0.3) is 0 Å². The maximum atomic E-state index is 8.99. The van der Waals surface area contributed by atoms with Crippen LogP contribution >= 0.6 is 11.6 Å². The van der Waals surface area contributed by atoms with Crippen molar-refractivity contribution < 1.29 is 9.47 Å². The molecule has 0 atom stereocenters. The van der Waals surface area contributed by atoms with Gasteiger partial charge in [0.15, 0.2) is 0 Å². The second kappa shape index (κ2) is 5.97. The molecule has 0 radical (unpaired) electrons. The minimum absolute atomic E-state index is 0.217. The Morgan fingerprint density at radius 3 is 2.30 bits per heavy atom. The number of nitriles is 2. The molecule has 0 spiro atoms. The summed E-state index contributed by atoms with van der Waals surface area (Å²) in [7, 11) is 1.56. The van der Waals surface area contributed by atoms with Crippen molar-refractivity contribution in [3.8, 4) is 29.4 Å². The molecular weight excluding hydrogens is 276 g/mol. The van der Waals surface area contributed by atoms with Crippen molar-refractivity contribution in [3.63, 3.8) is 0 Å². The largest absolute Gasteiger partial charge is 0.497 e. The van der Waals surface area contributed by atoms with Gasteiger partial charge in [0.05, 0.1) is 23.3 Å². The van der Waals surface area contributed by atoms with E-state index in [2.05, 4.69) is 0 Å². The Bertz CT molecular complexity index is 730. The average molecular weight is 285 g/mol. The molecular formula is C15H9ClN2O2. The Kier molecular flexibility index (Phi) is 4.10. The van der Waals surface area contributed by atoms with E-state index in [0.29, 0.717) is 17.2 Å². The van der Waals surface area contributed by atoms with E-state index in [9.17, 15) is 0 Å². The van der Waals surface area contributed by atoms with Crippen molar-refractivity contribution in [1.82, 2.24) is 0 Å². The van der Waals surface area contributed by atoms with Gasteiger partial charge in [0.1, 0.15) is 29.4 Å². The molecule has 5 heteroatoms. The van der Waals surface area contributed by atoms with Gasteiger partial charge in [0, 0.05) is 12.1 Å². The van der Waals surface area contributed by atoms with Crippen LogP contribution in [-0.4, -0.2) is 7.11 Å². The van der Waals surface area contributed by atoms with E-state index < -0.39 is 0 Å². The molecule has 0 aliphatic heterocycles. The van der Waals surface area contributed by atoms with Crippen molar-refractivity contribution in [2.75, 3.05) is 7.11 Å². The van der Waals surface area contributed by atoms with Crippen LogP contribution in [0.3, 0.4) is 0 Å². The Morgan fingerprint density at radius 1 is 1.00 bits per heavy atom. The van der Waals surface area contributed by atoms with E-state index in [-0.39, 0.29) is 16.1 Å². The summed E-state index contributed by atoms with van der Waals surface area (Å²) in [6.45, 7) is 0. The first-order valence-electron chi connectivity index (χ1n) is 5.63. The Hall–Kier alpha value is -2.69. The van der Waals surface area contributed by atoms with E-state index in [4.69, 9.17) is 31.6 Å². The summed E-state index contributed by atoms with van der Waals surface area (Å²) in [4.78, 5) is 0. The predicted molar refractivity (Wildman–Crippen MR) is 74.0 cm³/mol. The lowest BCUT2D eigenvalue weighted by Crippen LogP contribution is -1.91. The quantitative estimate of drug-likeness (QED) is 0.858. The molecule has 0 heterocycles. The van der Waals surface area contributed by atoms with Gasteiger partial charge >= 0.3 is 0 Å². The summed E-state index contributed by atoms with van der Waals surface area (Å²) >= 11 is 6.04. The highest BCUT2D eigenvalue weighted by molar-refractivity contribution is 6.32. The minimum atomic E-state index is 0.217. The van der Waals surface area contributed by atoms with Crippen molar-refractivity contribution >= 4 is 11.6 Å². The molecule has 98 valence electrons. The highest BCUT2D eigenvalue weighted by Crippen LogP contribution is 2.33. The van der Waals surface area contributed by atoms with Crippen LogP contribution < -0.4 is 9.47 Å². The summed E-state index contributed by atoms with van der Waals surface area (Å²) in [6, 6.07) is 13.7. The molecule has 0 amide bonds. The maximum Gasteiger partial charge on any atom is 0.147 e. The van der Waals surface area contributed by atoms with E-state index in [0.717, 1.165) is 0 Å². The molecule has 4 nitrogen and oxygen atoms in total. The number of nitrogens with zero attached hydrogens (tertiary/aromatic N) is 2. The predicted octanol–water partition coefficient (Wildman–Crippen LogP) is 3.88. The first-order chi connectivity index (χ1) is 9.67. The lowest BCUT2D eigenvalue weighted by molar-refractivity contribution is 0.409. The molecule has 0 bridgehead atoms. The number of methoxy groups -OCH3 is 1. The third kappa shape index (κ3) is 2.83. The zero-order chi connectivity index (χ0) is 14.5. The van der Waals surface area contributed by atoms with Crippen LogP contribution in [0.2, 0.25) is 5.02 Å². The summed E-state index contributed by atoms with van der Waals surface area (Å²) in [5.41, 5.74) is 0.435. The highest BCUT2D eigenvalue weighted by Gasteiger charge is 2.10. The van der Waals surface area contributed by atoms with Gasteiger partial charge in [-0.1, -0.05) is 17.7 Å². The third-order valence-corrected chi connectivity index (χ3v) is 2.88. The number of hydrogen-bond acceptors (Lipinski definition) is 4. The lowest BCUT2D eigenvalue weighted by atomic mass is 10.1. The Morgan fingerprint density at radius 2 is 1.65 bits per heavy atom. The first-order valence-corrected chi connectivity index (χ1v) is 6.01. The van der Waals surface area contributed by atoms with Crippen LogP contribution in [0.15, 0.2) is 36.4 Å². The van der Waals surface area contributed by atoms with Gasteiger partial charge in [-0.15, -0.1) is 0 Å². The van der Waals surface area contributed by atoms with Crippen LogP contribution in [0.5, 0.6) is 17.2 Å². The molecule has 0 N–H and O–H groups in total. The van der Waals surface area contributed by atoms with Gasteiger partial charge in [-0.25, -0.2) is 0 Å². The van der Waals surface area contributed by atoms with E-state index in [1.165, 1.54) is 12.1 Å². The van der Waals surface area contributed by atoms with Gasteiger partial charge in [0.2, 0.25) is 0 Å². The molecule has 20 heavy (non-hydrogen) atoms. The SMILES string of the molecule is COc1cccc(Oc2cc(C#N)c(C#N)cc2Cl)c1. The second-order valence-corrected chi connectivity index (χ2v) is 4.24. The topological polar surface area (TPSA) is 66.0 Å². The van der Waals surface area contributed by atoms with E-state index in [1.807, 2.05) is 12.1 Å².